The summed E-state index contributed by atoms with van der Waals surface area (Å²) in [5.74, 6) is -0.215. The van der Waals surface area contributed by atoms with Crippen LogP contribution in [0.25, 0.3) is 0 Å². The van der Waals surface area contributed by atoms with E-state index in [-0.39, 0.29) is 11.9 Å². The van der Waals surface area contributed by atoms with E-state index in [1.165, 1.54) is 9.78 Å². The molecular weight excluding hydrogens is 444 g/mol. The molecule has 3 amide bonds. The van der Waals surface area contributed by atoms with Crippen LogP contribution in [0, 0.1) is 13.8 Å². The molecule has 2 fully saturated rings. The Morgan fingerprint density at radius 2 is 1.59 bits per heavy atom. The van der Waals surface area contributed by atoms with E-state index in [1.54, 1.807) is 11.3 Å². The third-order valence-electron chi connectivity index (χ3n) is 7.02. The first kappa shape index (κ1) is 22.8. The molecule has 176 valence electrons. The number of nitrogens with one attached hydrogen (secondary N) is 1. The van der Waals surface area contributed by atoms with Crippen molar-refractivity contribution in [1.29, 1.82) is 0 Å². The summed E-state index contributed by atoms with van der Waals surface area (Å²) in [4.78, 5) is 34.6. The van der Waals surface area contributed by atoms with E-state index in [1.807, 2.05) is 62.4 Å². The molecule has 6 nitrogen and oxygen atoms in total. The number of aryl methyl sites for hydroxylation is 2. The van der Waals surface area contributed by atoms with Gasteiger partial charge in [-0.15, -0.1) is 11.3 Å². The van der Waals surface area contributed by atoms with E-state index < -0.39 is 5.54 Å². The largest absolute Gasteiger partial charge is 0.326 e. The molecule has 1 aromatic heterocycles. The Bertz CT molecular complexity index is 1170. The van der Waals surface area contributed by atoms with Crippen LogP contribution in [-0.4, -0.2) is 59.5 Å². The van der Waals surface area contributed by atoms with Gasteiger partial charge in [0.1, 0.15) is 0 Å². The second-order valence-corrected chi connectivity index (χ2v) is 10.2. The zero-order valence-corrected chi connectivity index (χ0v) is 20.5. The molecule has 7 heteroatoms. The van der Waals surface area contributed by atoms with Crippen LogP contribution < -0.4 is 5.32 Å². The summed E-state index contributed by atoms with van der Waals surface area (Å²) in [6.07, 6.45) is 0. The third-order valence-corrected chi connectivity index (χ3v) is 7.88. The molecule has 0 radical (unpaired) electrons. The summed E-state index contributed by atoms with van der Waals surface area (Å²) in [7, 11) is 0. The molecule has 2 saturated heterocycles. The van der Waals surface area contributed by atoms with Gasteiger partial charge in [-0.1, -0.05) is 54.6 Å². The van der Waals surface area contributed by atoms with Gasteiger partial charge in [-0.25, -0.2) is 9.69 Å². The highest BCUT2D eigenvalue weighted by molar-refractivity contribution is 7.09. The van der Waals surface area contributed by atoms with Gasteiger partial charge in [-0.2, -0.15) is 0 Å². The molecule has 1 N–H and O–H groups in total. The van der Waals surface area contributed by atoms with Gasteiger partial charge in [0.2, 0.25) is 0 Å². The summed E-state index contributed by atoms with van der Waals surface area (Å²) in [5.41, 5.74) is 2.61. The second kappa shape index (κ2) is 9.33. The Hall–Kier alpha value is -3.00. The fourth-order valence-electron chi connectivity index (χ4n) is 4.84. The SMILES string of the molecule is Cc1ccc(C2(c3ccccc3)NC(=O)N(CN3CCN(Cc4cccs4)CC3)C2=O)cc1C. The van der Waals surface area contributed by atoms with Crippen LogP contribution in [0.5, 0.6) is 0 Å². The predicted octanol–water partition coefficient (Wildman–Crippen LogP) is 3.94. The zero-order chi connectivity index (χ0) is 23.7. The molecule has 0 saturated carbocycles. The maximum absolute atomic E-state index is 14.0. The molecule has 2 aromatic carbocycles. The van der Waals surface area contributed by atoms with Crippen LogP contribution >= 0.6 is 11.3 Å². The van der Waals surface area contributed by atoms with Crippen molar-refractivity contribution in [3.63, 3.8) is 0 Å². The second-order valence-electron chi connectivity index (χ2n) is 9.19. The number of carbonyl (C=O) groups is 2. The molecule has 3 aromatic rings. The molecule has 34 heavy (non-hydrogen) atoms. The van der Waals surface area contributed by atoms with Crippen molar-refractivity contribution in [2.24, 2.45) is 0 Å². The molecule has 0 bridgehead atoms. The van der Waals surface area contributed by atoms with Crippen LogP contribution in [0.3, 0.4) is 0 Å². The quantitative estimate of drug-likeness (QED) is 0.550. The Kier molecular flexibility index (Phi) is 6.25. The number of urea groups is 1. The zero-order valence-electron chi connectivity index (χ0n) is 19.7. The summed E-state index contributed by atoms with van der Waals surface area (Å²) >= 11 is 1.78. The van der Waals surface area contributed by atoms with Gasteiger partial charge in [-0.05, 0) is 47.5 Å². The number of hydrogen-bond acceptors (Lipinski definition) is 5. The monoisotopic (exact) mass is 474 g/mol. The van der Waals surface area contributed by atoms with Crippen molar-refractivity contribution < 1.29 is 9.59 Å². The molecule has 0 spiro atoms. The van der Waals surface area contributed by atoms with Crippen molar-refractivity contribution in [3.05, 3.63) is 93.2 Å². The van der Waals surface area contributed by atoms with E-state index >= 15 is 0 Å². The first-order valence-electron chi connectivity index (χ1n) is 11.7. The van der Waals surface area contributed by atoms with Gasteiger partial charge in [0.25, 0.3) is 5.91 Å². The standard InChI is InChI=1S/C27H30N4O2S/c1-20-10-11-23(17-21(20)2)27(22-7-4-3-5-8-22)25(32)31(26(33)28-27)19-30-14-12-29(13-15-30)18-24-9-6-16-34-24/h3-11,16-17H,12-15,18-19H2,1-2H3,(H,28,33). The molecule has 0 aliphatic carbocycles. The Morgan fingerprint density at radius 3 is 2.26 bits per heavy atom. The van der Waals surface area contributed by atoms with Crippen molar-refractivity contribution >= 4 is 23.3 Å². The maximum Gasteiger partial charge on any atom is 0.326 e. The normalized spacial score (nSPS) is 21.8. The minimum Gasteiger partial charge on any atom is -0.315 e. The van der Waals surface area contributed by atoms with Crippen LogP contribution in [0.2, 0.25) is 0 Å². The molecule has 1 atom stereocenters. The van der Waals surface area contributed by atoms with E-state index in [2.05, 4.69) is 32.6 Å². The van der Waals surface area contributed by atoms with Gasteiger partial charge in [0, 0.05) is 37.6 Å². The average molecular weight is 475 g/mol. The average Bonchev–Trinajstić information content (AvgIpc) is 3.45. The van der Waals surface area contributed by atoms with E-state index in [0.717, 1.165) is 55.0 Å². The van der Waals surface area contributed by atoms with Crippen LogP contribution in [0.4, 0.5) is 4.79 Å². The van der Waals surface area contributed by atoms with E-state index in [9.17, 15) is 9.59 Å². The number of thiophene rings is 1. The molecule has 5 rings (SSSR count). The molecule has 2 aliphatic rings. The lowest BCUT2D eigenvalue weighted by Crippen LogP contribution is -2.51. The van der Waals surface area contributed by atoms with Gasteiger partial charge >= 0.3 is 6.03 Å². The number of benzene rings is 2. The van der Waals surface area contributed by atoms with Gasteiger partial charge in [0.15, 0.2) is 5.54 Å². The number of hydrogen-bond donors (Lipinski definition) is 1. The summed E-state index contributed by atoms with van der Waals surface area (Å²) in [6.45, 7) is 8.83. The number of imide groups is 1. The van der Waals surface area contributed by atoms with E-state index in [4.69, 9.17) is 0 Å². The number of rotatable bonds is 6. The lowest BCUT2D eigenvalue weighted by atomic mass is 9.81. The van der Waals surface area contributed by atoms with E-state index in [0.29, 0.717) is 6.67 Å². The minimum absolute atomic E-state index is 0.215. The van der Waals surface area contributed by atoms with Crippen LogP contribution in [0.1, 0.15) is 27.1 Å². The molecule has 3 heterocycles. The van der Waals surface area contributed by atoms with Crippen molar-refractivity contribution in [2.75, 3.05) is 32.8 Å². The van der Waals surface area contributed by atoms with Crippen molar-refractivity contribution in [1.82, 2.24) is 20.0 Å². The van der Waals surface area contributed by atoms with Gasteiger partial charge in [-0.3, -0.25) is 14.6 Å². The highest BCUT2D eigenvalue weighted by Crippen LogP contribution is 2.37. The first-order valence-corrected chi connectivity index (χ1v) is 12.6. The number of nitrogens with zero attached hydrogens (tertiary/aromatic N) is 3. The van der Waals surface area contributed by atoms with Crippen molar-refractivity contribution in [3.8, 4) is 0 Å². The van der Waals surface area contributed by atoms with Crippen LogP contribution in [0.15, 0.2) is 66.0 Å². The lowest BCUT2D eigenvalue weighted by molar-refractivity contribution is -0.132. The number of carbonyl (C=O) groups excluding carboxylic acids is 2. The number of piperazine rings is 1. The first-order chi connectivity index (χ1) is 16.5. The van der Waals surface area contributed by atoms with Gasteiger partial charge in [0.05, 0.1) is 6.67 Å². The lowest BCUT2D eigenvalue weighted by Gasteiger charge is -2.36. The smallest absolute Gasteiger partial charge is 0.315 e. The topological polar surface area (TPSA) is 55.9 Å². The summed E-state index contributed by atoms with van der Waals surface area (Å²) in [6, 6.07) is 19.5. The van der Waals surface area contributed by atoms with Crippen molar-refractivity contribution in [2.45, 2.75) is 25.9 Å². The highest BCUT2D eigenvalue weighted by Gasteiger charge is 2.54. The summed E-state index contributed by atoms with van der Waals surface area (Å²) < 4.78 is 0. The molecular formula is C27H30N4O2S. The minimum atomic E-state index is -1.21. The highest BCUT2D eigenvalue weighted by atomic mass is 32.1. The fourth-order valence-corrected chi connectivity index (χ4v) is 5.58. The summed E-state index contributed by atoms with van der Waals surface area (Å²) in [5, 5.41) is 5.19. The molecule has 2 aliphatic heterocycles. The van der Waals surface area contributed by atoms with Crippen LogP contribution in [-0.2, 0) is 16.9 Å². The maximum atomic E-state index is 14.0. The Morgan fingerprint density at radius 1 is 0.853 bits per heavy atom. The molecule has 1 unspecified atom stereocenters. The Labute approximate surface area is 204 Å². The third kappa shape index (κ3) is 4.15. The predicted molar refractivity (Wildman–Crippen MR) is 135 cm³/mol. The van der Waals surface area contributed by atoms with Gasteiger partial charge < -0.3 is 5.32 Å². The Balaban J connectivity index is 1.36. The fraction of sp³-hybridized carbons (Fsp3) is 0.333. The number of amides is 3.